The molecule has 82 valence electrons. The van der Waals surface area contributed by atoms with Crippen LogP contribution in [0.3, 0.4) is 0 Å². The Morgan fingerprint density at radius 2 is 1.88 bits per heavy atom. The van der Waals surface area contributed by atoms with Gasteiger partial charge >= 0.3 is 0 Å². The first-order valence-electron chi connectivity index (χ1n) is 5.40. The maximum absolute atomic E-state index is 10.8. The molecule has 0 saturated heterocycles. The van der Waals surface area contributed by atoms with Crippen molar-refractivity contribution in [2.45, 2.75) is 0 Å². The molecule has 3 aromatic rings. The van der Waals surface area contributed by atoms with Crippen LogP contribution in [0.25, 0.3) is 21.2 Å². The van der Waals surface area contributed by atoms with E-state index in [4.69, 9.17) is 0 Å². The first-order chi connectivity index (χ1) is 8.38. The van der Waals surface area contributed by atoms with Gasteiger partial charge in [0.25, 0.3) is 0 Å². The molecule has 0 saturated carbocycles. The van der Waals surface area contributed by atoms with E-state index in [0.717, 1.165) is 17.4 Å². The topological polar surface area (TPSA) is 17.1 Å². The van der Waals surface area contributed by atoms with E-state index < -0.39 is 0 Å². The fraction of sp³-hybridized carbons (Fsp3) is 0. The first-order valence-corrected chi connectivity index (χ1v) is 6.28. The van der Waals surface area contributed by atoms with E-state index in [0.29, 0.717) is 0 Å². The van der Waals surface area contributed by atoms with Gasteiger partial charge in [0.15, 0.2) is 0 Å². The summed E-state index contributed by atoms with van der Waals surface area (Å²) in [6, 6.07) is 16.0. The van der Waals surface area contributed by atoms with E-state index in [1.165, 1.54) is 15.6 Å². The molecular weight excluding hydrogens is 228 g/mol. The summed E-state index contributed by atoms with van der Waals surface area (Å²) in [6.45, 7) is 0. The average Bonchev–Trinajstić information content (AvgIpc) is 2.82. The van der Waals surface area contributed by atoms with Crippen molar-refractivity contribution in [1.29, 1.82) is 0 Å². The molecule has 0 aliphatic rings. The van der Waals surface area contributed by atoms with Gasteiger partial charge in [0.2, 0.25) is 0 Å². The van der Waals surface area contributed by atoms with Gasteiger partial charge in [-0.25, -0.2) is 0 Å². The number of aldehydes is 1. The van der Waals surface area contributed by atoms with E-state index in [-0.39, 0.29) is 0 Å². The highest BCUT2D eigenvalue weighted by atomic mass is 32.1. The summed E-state index contributed by atoms with van der Waals surface area (Å²) in [5.74, 6) is 0. The molecule has 0 bridgehead atoms. The summed E-state index contributed by atoms with van der Waals surface area (Å²) >= 11 is 1.73. The molecule has 1 aromatic heterocycles. The third-order valence-corrected chi connectivity index (χ3v) is 3.78. The van der Waals surface area contributed by atoms with Gasteiger partial charge in [-0.1, -0.05) is 36.4 Å². The Kier molecular flexibility index (Phi) is 2.50. The third-order valence-electron chi connectivity index (χ3n) is 2.81. The Morgan fingerprint density at radius 3 is 2.76 bits per heavy atom. The van der Waals surface area contributed by atoms with Gasteiger partial charge in [-0.05, 0) is 23.1 Å². The zero-order chi connectivity index (χ0) is 11.7. The summed E-state index contributed by atoms with van der Waals surface area (Å²) < 4.78 is 1.28. The Labute approximate surface area is 103 Å². The maximum Gasteiger partial charge on any atom is 0.150 e. The Morgan fingerprint density at radius 1 is 1.00 bits per heavy atom. The summed E-state index contributed by atoms with van der Waals surface area (Å²) in [4.78, 5) is 10.8. The normalized spacial score (nSPS) is 10.6. The number of hydrogen-bond donors (Lipinski definition) is 0. The van der Waals surface area contributed by atoms with Crippen molar-refractivity contribution in [3.63, 3.8) is 0 Å². The first kappa shape index (κ1) is 10.2. The molecule has 17 heavy (non-hydrogen) atoms. The molecule has 2 heteroatoms. The number of carbonyl (C=O) groups is 1. The van der Waals surface area contributed by atoms with E-state index in [1.54, 1.807) is 11.3 Å². The predicted molar refractivity (Wildman–Crippen MR) is 72.6 cm³/mol. The summed E-state index contributed by atoms with van der Waals surface area (Å²) in [7, 11) is 0. The monoisotopic (exact) mass is 238 g/mol. The summed E-state index contributed by atoms with van der Waals surface area (Å²) in [6.07, 6.45) is 0.887. The van der Waals surface area contributed by atoms with Crippen molar-refractivity contribution in [3.05, 3.63) is 59.5 Å². The molecule has 0 radical (unpaired) electrons. The minimum Gasteiger partial charge on any atom is -0.298 e. The molecule has 0 N–H and O–H groups in total. The number of hydrogen-bond acceptors (Lipinski definition) is 2. The Hall–Kier alpha value is -1.93. The minimum atomic E-state index is 0.720. The maximum atomic E-state index is 10.8. The zero-order valence-electron chi connectivity index (χ0n) is 9.09. The van der Waals surface area contributed by atoms with Gasteiger partial charge < -0.3 is 0 Å². The van der Waals surface area contributed by atoms with Crippen LogP contribution < -0.4 is 0 Å². The molecule has 0 amide bonds. The molecule has 0 fully saturated rings. The SMILES string of the molecule is O=Cc1cccc(-c2csc3ccccc23)c1. The van der Waals surface area contributed by atoms with Crippen LogP contribution in [0.15, 0.2) is 53.9 Å². The van der Waals surface area contributed by atoms with Crippen molar-refractivity contribution >= 4 is 27.7 Å². The van der Waals surface area contributed by atoms with Crippen molar-refractivity contribution in [3.8, 4) is 11.1 Å². The molecule has 0 unspecified atom stereocenters. The van der Waals surface area contributed by atoms with Crippen LogP contribution >= 0.6 is 11.3 Å². The quantitative estimate of drug-likeness (QED) is 0.605. The molecule has 1 heterocycles. The van der Waals surface area contributed by atoms with Gasteiger partial charge in [0.1, 0.15) is 6.29 Å². The lowest BCUT2D eigenvalue weighted by Crippen LogP contribution is -1.81. The second-order valence-corrected chi connectivity index (χ2v) is 4.80. The van der Waals surface area contributed by atoms with Gasteiger partial charge in [-0.15, -0.1) is 11.3 Å². The van der Waals surface area contributed by atoms with E-state index >= 15 is 0 Å². The van der Waals surface area contributed by atoms with E-state index in [1.807, 2.05) is 36.4 Å². The molecule has 2 aromatic carbocycles. The van der Waals surface area contributed by atoms with E-state index in [9.17, 15) is 4.79 Å². The largest absolute Gasteiger partial charge is 0.298 e. The number of benzene rings is 2. The van der Waals surface area contributed by atoms with Crippen LogP contribution in [0, 0.1) is 0 Å². The van der Waals surface area contributed by atoms with Crippen molar-refractivity contribution in [2.24, 2.45) is 0 Å². The number of carbonyl (C=O) groups excluding carboxylic acids is 1. The fourth-order valence-electron chi connectivity index (χ4n) is 1.98. The molecule has 0 atom stereocenters. The minimum absolute atomic E-state index is 0.720. The highest BCUT2D eigenvalue weighted by Crippen LogP contribution is 2.33. The standard InChI is InChI=1S/C15H10OS/c16-9-11-4-3-5-12(8-11)14-10-17-15-7-2-1-6-13(14)15/h1-10H. The molecule has 1 nitrogen and oxygen atoms in total. The Bertz CT molecular complexity index is 682. The van der Waals surface area contributed by atoms with Crippen LogP contribution in [0.1, 0.15) is 10.4 Å². The molecule has 0 aliphatic heterocycles. The molecule has 0 spiro atoms. The van der Waals surface area contributed by atoms with E-state index in [2.05, 4.69) is 17.5 Å². The molecular formula is C15H10OS. The average molecular weight is 238 g/mol. The van der Waals surface area contributed by atoms with Crippen LogP contribution in [0.5, 0.6) is 0 Å². The highest BCUT2D eigenvalue weighted by molar-refractivity contribution is 7.17. The second kappa shape index (κ2) is 4.15. The van der Waals surface area contributed by atoms with Gasteiger partial charge in [0, 0.05) is 21.2 Å². The molecule has 0 aliphatic carbocycles. The smallest absolute Gasteiger partial charge is 0.150 e. The summed E-state index contributed by atoms with van der Waals surface area (Å²) in [5, 5.41) is 3.40. The number of thiophene rings is 1. The van der Waals surface area contributed by atoms with Crippen molar-refractivity contribution in [2.75, 3.05) is 0 Å². The van der Waals surface area contributed by atoms with Crippen LogP contribution in [0.2, 0.25) is 0 Å². The number of fused-ring (bicyclic) bond motifs is 1. The Balaban J connectivity index is 2.23. The lowest BCUT2D eigenvalue weighted by Gasteiger charge is -2.00. The summed E-state index contributed by atoms with van der Waals surface area (Å²) in [5.41, 5.74) is 3.03. The van der Waals surface area contributed by atoms with Gasteiger partial charge in [-0.3, -0.25) is 4.79 Å². The van der Waals surface area contributed by atoms with Crippen molar-refractivity contribution in [1.82, 2.24) is 0 Å². The number of rotatable bonds is 2. The van der Waals surface area contributed by atoms with Gasteiger partial charge in [0.05, 0.1) is 0 Å². The zero-order valence-corrected chi connectivity index (χ0v) is 9.91. The second-order valence-electron chi connectivity index (χ2n) is 3.89. The van der Waals surface area contributed by atoms with Crippen LogP contribution in [-0.4, -0.2) is 6.29 Å². The fourth-order valence-corrected chi connectivity index (χ4v) is 2.95. The highest BCUT2D eigenvalue weighted by Gasteiger charge is 2.05. The predicted octanol–water partition coefficient (Wildman–Crippen LogP) is 4.38. The third kappa shape index (κ3) is 1.77. The molecule has 3 rings (SSSR count). The van der Waals surface area contributed by atoms with Crippen LogP contribution in [0.4, 0.5) is 0 Å². The lowest BCUT2D eigenvalue weighted by atomic mass is 10.0. The van der Waals surface area contributed by atoms with Gasteiger partial charge in [-0.2, -0.15) is 0 Å². The van der Waals surface area contributed by atoms with Crippen molar-refractivity contribution < 1.29 is 4.79 Å². The van der Waals surface area contributed by atoms with Crippen LogP contribution in [-0.2, 0) is 0 Å². The lowest BCUT2D eigenvalue weighted by molar-refractivity contribution is 0.112.